The molecule has 0 radical (unpaired) electrons. The minimum atomic E-state index is 0.665. The summed E-state index contributed by atoms with van der Waals surface area (Å²) in [5.41, 5.74) is 6.12. The molecule has 1 saturated heterocycles. The zero-order chi connectivity index (χ0) is 12.8. The Morgan fingerprint density at radius 2 is 1.94 bits per heavy atom. The van der Waals surface area contributed by atoms with Gasteiger partial charge in [-0.3, -0.25) is 4.90 Å². The van der Waals surface area contributed by atoms with E-state index in [9.17, 15) is 0 Å². The first-order valence-electron chi connectivity index (χ1n) is 7.90. The highest BCUT2D eigenvalue weighted by molar-refractivity contribution is 8.00. The predicted octanol–water partition coefficient (Wildman–Crippen LogP) is 3.11. The average molecular weight is 270 g/mol. The molecule has 0 aromatic heterocycles. The van der Waals surface area contributed by atoms with Crippen molar-refractivity contribution in [1.82, 2.24) is 4.90 Å². The quantitative estimate of drug-likeness (QED) is 0.796. The van der Waals surface area contributed by atoms with Crippen LogP contribution in [0.4, 0.5) is 0 Å². The monoisotopic (exact) mass is 270 g/mol. The number of nitrogens with two attached hydrogens (primary N) is 1. The lowest BCUT2D eigenvalue weighted by molar-refractivity contribution is 0.139. The van der Waals surface area contributed by atoms with Gasteiger partial charge >= 0.3 is 0 Å². The minimum Gasteiger partial charge on any atom is -0.329 e. The van der Waals surface area contributed by atoms with E-state index in [1.165, 1.54) is 63.8 Å². The van der Waals surface area contributed by atoms with Crippen LogP contribution in [-0.2, 0) is 0 Å². The molecule has 18 heavy (non-hydrogen) atoms. The Hall–Kier alpha value is 0.270. The molecule has 2 fully saturated rings. The molecule has 1 aliphatic carbocycles. The van der Waals surface area contributed by atoms with E-state index in [1.54, 1.807) is 0 Å². The van der Waals surface area contributed by atoms with Crippen molar-refractivity contribution in [1.29, 1.82) is 0 Å². The van der Waals surface area contributed by atoms with Crippen LogP contribution in [0.5, 0.6) is 0 Å². The highest BCUT2D eigenvalue weighted by Gasteiger charge is 2.30. The van der Waals surface area contributed by atoms with E-state index >= 15 is 0 Å². The van der Waals surface area contributed by atoms with Crippen molar-refractivity contribution in [2.45, 2.75) is 63.2 Å². The molecule has 2 rings (SSSR count). The Morgan fingerprint density at radius 3 is 2.56 bits per heavy atom. The first-order valence-corrected chi connectivity index (χ1v) is 8.95. The average Bonchev–Trinajstić information content (AvgIpc) is 2.69. The molecule has 1 saturated carbocycles. The third kappa shape index (κ3) is 3.88. The second-order valence-corrected chi connectivity index (χ2v) is 7.36. The summed E-state index contributed by atoms with van der Waals surface area (Å²) in [6, 6.07) is 0.665. The van der Waals surface area contributed by atoms with Crippen molar-refractivity contribution in [3.05, 3.63) is 0 Å². The Labute approximate surface area is 117 Å². The zero-order valence-corrected chi connectivity index (χ0v) is 12.8. The standard InChI is InChI=1S/C15H30N2S/c1-2-14-12-17(9-10-18-14)15(11-16)13-7-5-3-4-6-8-13/h13-15H,2-12,16H2,1H3. The van der Waals surface area contributed by atoms with Gasteiger partial charge in [-0.25, -0.2) is 0 Å². The topological polar surface area (TPSA) is 29.3 Å². The summed E-state index contributed by atoms with van der Waals surface area (Å²) >= 11 is 2.16. The van der Waals surface area contributed by atoms with Crippen molar-refractivity contribution in [3.8, 4) is 0 Å². The molecule has 0 spiro atoms. The van der Waals surface area contributed by atoms with E-state index < -0.39 is 0 Å². The molecule has 0 aromatic carbocycles. The van der Waals surface area contributed by atoms with Crippen molar-refractivity contribution in [2.75, 3.05) is 25.4 Å². The van der Waals surface area contributed by atoms with Crippen LogP contribution in [-0.4, -0.2) is 41.6 Å². The highest BCUT2D eigenvalue weighted by Crippen LogP contribution is 2.30. The molecule has 1 aliphatic heterocycles. The first kappa shape index (κ1) is 14.7. The van der Waals surface area contributed by atoms with Crippen LogP contribution in [0, 0.1) is 5.92 Å². The van der Waals surface area contributed by atoms with Gasteiger partial charge in [0.1, 0.15) is 0 Å². The van der Waals surface area contributed by atoms with Crippen molar-refractivity contribution in [3.63, 3.8) is 0 Å². The van der Waals surface area contributed by atoms with Gasteiger partial charge in [0.05, 0.1) is 0 Å². The molecule has 0 aromatic rings. The van der Waals surface area contributed by atoms with E-state index in [0.717, 1.165) is 17.7 Å². The van der Waals surface area contributed by atoms with E-state index in [-0.39, 0.29) is 0 Å². The number of rotatable bonds is 4. The molecule has 106 valence electrons. The number of nitrogens with zero attached hydrogens (tertiary/aromatic N) is 1. The van der Waals surface area contributed by atoms with Gasteiger partial charge < -0.3 is 5.73 Å². The van der Waals surface area contributed by atoms with Gasteiger partial charge in [-0.15, -0.1) is 0 Å². The summed E-state index contributed by atoms with van der Waals surface area (Å²) in [6.45, 7) is 5.73. The fourth-order valence-corrected chi connectivity index (χ4v) is 4.83. The van der Waals surface area contributed by atoms with Gasteiger partial charge in [-0.1, -0.05) is 32.6 Å². The van der Waals surface area contributed by atoms with Gasteiger partial charge in [0.2, 0.25) is 0 Å². The summed E-state index contributed by atoms with van der Waals surface area (Å²) in [5, 5.41) is 0.846. The lowest BCUT2D eigenvalue weighted by atomic mass is 9.90. The van der Waals surface area contributed by atoms with Crippen molar-refractivity contribution >= 4 is 11.8 Å². The van der Waals surface area contributed by atoms with E-state index in [4.69, 9.17) is 5.73 Å². The Kier molecular flexibility index (Phi) is 6.33. The van der Waals surface area contributed by atoms with Crippen LogP contribution >= 0.6 is 11.8 Å². The van der Waals surface area contributed by atoms with Gasteiger partial charge in [0.25, 0.3) is 0 Å². The Morgan fingerprint density at radius 1 is 1.22 bits per heavy atom. The van der Waals surface area contributed by atoms with E-state index in [1.807, 2.05) is 0 Å². The minimum absolute atomic E-state index is 0.665. The van der Waals surface area contributed by atoms with Crippen molar-refractivity contribution in [2.24, 2.45) is 11.7 Å². The molecule has 2 unspecified atom stereocenters. The lowest BCUT2D eigenvalue weighted by Gasteiger charge is -2.41. The van der Waals surface area contributed by atoms with Crippen LogP contribution < -0.4 is 5.73 Å². The van der Waals surface area contributed by atoms with Crippen LogP contribution in [0.25, 0.3) is 0 Å². The summed E-state index contributed by atoms with van der Waals surface area (Å²) in [6.07, 6.45) is 9.90. The second-order valence-electron chi connectivity index (χ2n) is 5.95. The maximum absolute atomic E-state index is 6.12. The molecule has 2 N–H and O–H groups in total. The van der Waals surface area contributed by atoms with Gasteiger partial charge in [-0.05, 0) is 25.2 Å². The van der Waals surface area contributed by atoms with Crippen LogP contribution in [0.15, 0.2) is 0 Å². The summed E-state index contributed by atoms with van der Waals surface area (Å²) in [7, 11) is 0. The Balaban J connectivity index is 1.93. The SMILES string of the molecule is CCC1CN(C(CN)C2CCCCCC2)CCS1. The number of thioether (sulfide) groups is 1. The van der Waals surface area contributed by atoms with Crippen molar-refractivity contribution < 1.29 is 0 Å². The lowest BCUT2D eigenvalue weighted by Crippen LogP contribution is -2.51. The van der Waals surface area contributed by atoms with Crippen LogP contribution in [0.1, 0.15) is 51.9 Å². The molecular formula is C15H30N2S. The fourth-order valence-electron chi connectivity index (χ4n) is 3.63. The number of hydrogen-bond donors (Lipinski definition) is 1. The molecule has 0 bridgehead atoms. The normalized spacial score (nSPS) is 30.0. The molecule has 2 aliphatic rings. The van der Waals surface area contributed by atoms with Gasteiger partial charge in [0, 0.05) is 36.7 Å². The Bertz CT molecular complexity index is 227. The van der Waals surface area contributed by atoms with Gasteiger partial charge in [-0.2, -0.15) is 11.8 Å². The maximum atomic E-state index is 6.12. The summed E-state index contributed by atoms with van der Waals surface area (Å²) in [5.74, 6) is 2.18. The van der Waals surface area contributed by atoms with Crippen LogP contribution in [0.3, 0.4) is 0 Å². The molecule has 1 heterocycles. The van der Waals surface area contributed by atoms with Gasteiger partial charge in [0.15, 0.2) is 0 Å². The third-order valence-corrected chi connectivity index (χ3v) is 6.15. The third-order valence-electron chi connectivity index (χ3n) is 4.78. The first-order chi connectivity index (χ1) is 8.85. The molecular weight excluding hydrogens is 240 g/mol. The van der Waals surface area contributed by atoms with E-state index in [0.29, 0.717) is 6.04 Å². The summed E-state index contributed by atoms with van der Waals surface area (Å²) < 4.78 is 0. The second kappa shape index (κ2) is 7.76. The molecule has 2 nitrogen and oxygen atoms in total. The largest absolute Gasteiger partial charge is 0.329 e. The predicted molar refractivity (Wildman–Crippen MR) is 82.1 cm³/mol. The summed E-state index contributed by atoms with van der Waals surface area (Å²) in [4.78, 5) is 2.72. The fraction of sp³-hybridized carbons (Fsp3) is 1.00. The van der Waals surface area contributed by atoms with E-state index in [2.05, 4.69) is 23.6 Å². The zero-order valence-electron chi connectivity index (χ0n) is 11.9. The number of hydrogen-bond acceptors (Lipinski definition) is 3. The molecule has 2 atom stereocenters. The molecule has 0 amide bonds. The maximum Gasteiger partial charge on any atom is 0.0247 e. The molecule has 3 heteroatoms. The highest BCUT2D eigenvalue weighted by atomic mass is 32.2. The smallest absolute Gasteiger partial charge is 0.0247 e. The van der Waals surface area contributed by atoms with Crippen LogP contribution in [0.2, 0.25) is 0 Å².